The summed E-state index contributed by atoms with van der Waals surface area (Å²) < 4.78 is 3.39. The molecule has 5 aromatic carbocycles. The maximum atomic E-state index is 13.5. The minimum atomic E-state index is -2.66. The van der Waals surface area contributed by atoms with Crippen LogP contribution in [0.1, 0.15) is 25.2 Å². The van der Waals surface area contributed by atoms with Crippen LogP contribution in [-0.2, 0) is 0 Å². The van der Waals surface area contributed by atoms with E-state index in [2.05, 4.69) is 137 Å². The number of rotatable bonds is 4. The zero-order valence-corrected chi connectivity index (χ0v) is 28.9. The quantitative estimate of drug-likeness (QED) is 0.135. The average Bonchev–Trinajstić information content (AvgIpc) is 3.83. The topological polar surface area (TPSA) is 37.4 Å². The molecule has 46 heavy (non-hydrogen) atoms. The number of allylic oxidation sites excluding steroid dienone is 1. The molecule has 0 radical (unpaired) electrons. The van der Waals surface area contributed by atoms with Gasteiger partial charge in [0.25, 0.3) is 0 Å². The molecule has 1 aliphatic carbocycles. The standard InChI is InChI=1S/C40H25NO2Se2Si/c42-39-30-23-26-21-22-44-35(26)25-31(30)40(43)32(39)24-27-19-20-38(45-27)41-33-15-7-9-17-36(33)46(28-11-3-1-4-12-28,29-13-5-2-6-14-29)37-18-10-8-16-34(37)41/h1-25H/b32-24+. The van der Waals surface area contributed by atoms with E-state index in [1.807, 2.05) is 18.2 Å². The van der Waals surface area contributed by atoms with Crippen LogP contribution >= 0.6 is 0 Å². The van der Waals surface area contributed by atoms with Crippen LogP contribution in [0.2, 0.25) is 0 Å². The molecule has 0 atom stereocenters. The third kappa shape index (κ3) is 4.02. The Labute approximate surface area is 279 Å². The number of carbonyl (C=O) groups is 2. The fourth-order valence-corrected chi connectivity index (χ4v) is 16.1. The number of para-hydroxylation sites is 2. The predicted octanol–water partition coefficient (Wildman–Crippen LogP) is 5.58. The first-order valence-electron chi connectivity index (χ1n) is 15.2. The third-order valence-electron chi connectivity index (χ3n) is 9.20. The molecule has 0 N–H and O–H groups in total. The van der Waals surface area contributed by atoms with Crippen LogP contribution in [0.4, 0.5) is 15.9 Å². The Hall–Kier alpha value is -4.54. The summed E-state index contributed by atoms with van der Waals surface area (Å²) in [7, 11) is -2.66. The molecule has 0 unspecified atom stereocenters. The van der Waals surface area contributed by atoms with Gasteiger partial charge in [0, 0.05) is 0 Å². The summed E-state index contributed by atoms with van der Waals surface area (Å²) in [6.07, 6.45) is 1.86. The number of fused-ring (bicyclic) bond motifs is 4. The minimum absolute atomic E-state index is 0.114. The number of nitrogens with zero attached hydrogens (tertiary/aromatic N) is 1. The van der Waals surface area contributed by atoms with E-state index < -0.39 is 8.07 Å². The van der Waals surface area contributed by atoms with Gasteiger partial charge in [0.05, 0.1) is 0 Å². The Bertz CT molecular complexity index is 2230. The normalized spacial score (nSPS) is 15.7. The first-order chi connectivity index (χ1) is 22.6. The van der Waals surface area contributed by atoms with E-state index in [1.54, 1.807) is 0 Å². The molecule has 2 aromatic heterocycles. The van der Waals surface area contributed by atoms with Gasteiger partial charge in [0.15, 0.2) is 0 Å². The molecule has 3 heterocycles. The van der Waals surface area contributed by atoms with Crippen LogP contribution in [-0.4, -0.2) is 48.6 Å². The number of hydrogen-bond donors (Lipinski definition) is 0. The molecule has 2 aliphatic rings. The fourth-order valence-electron chi connectivity index (χ4n) is 7.24. The number of ketones is 2. The van der Waals surface area contributed by atoms with E-state index >= 15 is 0 Å². The molecule has 0 saturated carbocycles. The molecule has 1 aliphatic heterocycles. The monoisotopic (exact) mass is 739 g/mol. The van der Waals surface area contributed by atoms with Crippen LogP contribution < -0.4 is 25.6 Å². The van der Waals surface area contributed by atoms with Crippen LogP contribution in [0.5, 0.6) is 0 Å². The van der Waals surface area contributed by atoms with E-state index in [0.29, 0.717) is 11.1 Å². The van der Waals surface area contributed by atoms with E-state index in [9.17, 15) is 9.59 Å². The number of carbonyl (C=O) groups excluding carboxylic acids is 2. The SMILES string of the molecule is O=C1/C(=C\c2ccc(N3c4ccccc4[Si](c4ccccc4)(c4ccccc4)c4ccccc43)[se]2)C(=O)c2cc3[se]ccc3cc21. The van der Waals surface area contributed by atoms with Crippen molar-refractivity contribution in [3.05, 3.63) is 166 Å². The number of Topliss-reactive ketones (excluding diaryl/α,β-unsaturated/α-hetero) is 2. The molecule has 0 bridgehead atoms. The predicted molar refractivity (Wildman–Crippen MR) is 193 cm³/mol. The Kier molecular flexibility index (Phi) is 6.50. The second-order valence-electron chi connectivity index (χ2n) is 11.6. The summed E-state index contributed by atoms with van der Waals surface area (Å²) >= 11 is 0.107. The average molecular weight is 738 g/mol. The van der Waals surface area contributed by atoms with Gasteiger partial charge in [0.2, 0.25) is 0 Å². The molecule has 0 fully saturated rings. The van der Waals surface area contributed by atoms with Crippen molar-refractivity contribution >= 4 is 101 Å². The van der Waals surface area contributed by atoms with Crippen molar-refractivity contribution in [3.63, 3.8) is 0 Å². The van der Waals surface area contributed by atoms with Gasteiger partial charge in [-0.2, -0.15) is 0 Å². The van der Waals surface area contributed by atoms with E-state index in [1.165, 1.54) is 40.9 Å². The Morgan fingerprint density at radius 1 is 0.587 bits per heavy atom. The molecule has 0 saturated heterocycles. The van der Waals surface area contributed by atoms with Gasteiger partial charge in [-0.25, -0.2) is 0 Å². The van der Waals surface area contributed by atoms with Crippen molar-refractivity contribution in [1.29, 1.82) is 0 Å². The van der Waals surface area contributed by atoms with E-state index in [-0.39, 0.29) is 46.1 Å². The van der Waals surface area contributed by atoms with Gasteiger partial charge in [-0.05, 0) is 0 Å². The zero-order valence-electron chi connectivity index (χ0n) is 24.5. The molecule has 0 spiro atoms. The van der Waals surface area contributed by atoms with Gasteiger partial charge in [-0.3, -0.25) is 0 Å². The summed E-state index contributed by atoms with van der Waals surface area (Å²) in [6.45, 7) is 0. The van der Waals surface area contributed by atoms with E-state index in [0.717, 1.165) is 9.82 Å². The Morgan fingerprint density at radius 3 is 1.78 bits per heavy atom. The van der Waals surface area contributed by atoms with Crippen LogP contribution in [0.15, 0.2) is 150 Å². The molecule has 7 aromatic rings. The zero-order chi connectivity index (χ0) is 30.8. The van der Waals surface area contributed by atoms with Gasteiger partial charge in [-0.1, -0.05) is 0 Å². The van der Waals surface area contributed by atoms with Crippen molar-refractivity contribution < 1.29 is 9.59 Å². The van der Waals surface area contributed by atoms with Crippen LogP contribution in [0.25, 0.3) is 15.7 Å². The number of benzene rings is 5. The third-order valence-corrected chi connectivity index (χ3v) is 18.0. The van der Waals surface area contributed by atoms with Crippen molar-refractivity contribution in [2.45, 2.75) is 0 Å². The van der Waals surface area contributed by atoms with Crippen LogP contribution in [0, 0.1) is 0 Å². The molecular formula is C40H25NO2Se2Si. The molecular weight excluding hydrogens is 712 g/mol. The summed E-state index contributed by atoms with van der Waals surface area (Å²) in [6, 6.07) is 50.0. The van der Waals surface area contributed by atoms with Crippen molar-refractivity contribution in [2.24, 2.45) is 0 Å². The van der Waals surface area contributed by atoms with Crippen molar-refractivity contribution in [2.75, 3.05) is 4.90 Å². The van der Waals surface area contributed by atoms with Gasteiger partial charge in [-0.15, -0.1) is 0 Å². The molecule has 6 heteroatoms. The van der Waals surface area contributed by atoms with E-state index in [4.69, 9.17) is 0 Å². The Balaban J connectivity index is 1.20. The van der Waals surface area contributed by atoms with Crippen molar-refractivity contribution in [3.8, 4) is 0 Å². The first-order valence-corrected chi connectivity index (χ1v) is 20.7. The summed E-state index contributed by atoms with van der Waals surface area (Å²) in [5, 5.41) is 6.50. The van der Waals surface area contributed by atoms with Gasteiger partial charge in [0.1, 0.15) is 0 Å². The van der Waals surface area contributed by atoms with Crippen LogP contribution in [0.3, 0.4) is 0 Å². The molecule has 9 rings (SSSR count). The summed E-state index contributed by atoms with van der Waals surface area (Å²) in [5.74, 6) is -0.304. The number of anilines is 3. The molecule has 3 nitrogen and oxygen atoms in total. The Morgan fingerprint density at radius 2 is 1.15 bits per heavy atom. The van der Waals surface area contributed by atoms with Gasteiger partial charge >= 0.3 is 281 Å². The molecule has 0 amide bonds. The second kappa shape index (κ2) is 10.8. The van der Waals surface area contributed by atoms with Crippen molar-refractivity contribution in [1.82, 2.24) is 0 Å². The van der Waals surface area contributed by atoms with Gasteiger partial charge < -0.3 is 0 Å². The molecule has 218 valence electrons. The maximum absolute atomic E-state index is 13.5. The number of hydrogen-bond acceptors (Lipinski definition) is 3. The summed E-state index contributed by atoms with van der Waals surface area (Å²) in [4.78, 5) is 31.6. The second-order valence-corrected chi connectivity index (χ2v) is 19.6. The fraction of sp³-hybridized carbons (Fsp3) is 0. The first kappa shape index (κ1) is 27.7. The summed E-state index contributed by atoms with van der Waals surface area (Å²) in [5.41, 5.74) is 3.78.